The van der Waals surface area contributed by atoms with E-state index in [1.165, 1.54) is 4.90 Å². The Morgan fingerprint density at radius 1 is 1.39 bits per heavy atom. The minimum atomic E-state index is -0.513. The smallest absolute Gasteiger partial charge is 0.255 e. The van der Waals surface area contributed by atoms with Crippen LogP contribution in [-0.2, 0) is 4.79 Å². The Labute approximate surface area is 115 Å². The molecule has 0 radical (unpaired) electrons. The highest BCUT2D eigenvalue weighted by Gasteiger charge is 2.22. The van der Waals surface area contributed by atoms with E-state index in [0.717, 1.165) is 5.56 Å². The molecule has 0 fully saturated rings. The number of halogens is 1. The SMILES string of the molecule is Cc1ccc(Br)c(C(=O)N(CC(N)=O)C(C)C)c1. The highest BCUT2D eigenvalue weighted by Crippen LogP contribution is 2.20. The van der Waals surface area contributed by atoms with E-state index in [2.05, 4.69) is 15.9 Å². The Balaban J connectivity index is 3.09. The molecule has 0 heterocycles. The molecule has 0 saturated heterocycles. The Morgan fingerprint density at radius 3 is 2.50 bits per heavy atom. The number of carbonyl (C=O) groups excluding carboxylic acids is 2. The van der Waals surface area contributed by atoms with Gasteiger partial charge in [0.05, 0.1) is 12.1 Å². The minimum Gasteiger partial charge on any atom is -0.368 e. The van der Waals surface area contributed by atoms with Gasteiger partial charge >= 0.3 is 0 Å². The number of amides is 2. The summed E-state index contributed by atoms with van der Waals surface area (Å²) in [5.74, 6) is -0.708. The van der Waals surface area contributed by atoms with Crippen LogP contribution in [0.15, 0.2) is 22.7 Å². The molecule has 2 N–H and O–H groups in total. The van der Waals surface area contributed by atoms with E-state index in [1.54, 1.807) is 6.07 Å². The zero-order valence-electron chi connectivity index (χ0n) is 10.7. The van der Waals surface area contributed by atoms with Crippen molar-refractivity contribution >= 4 is 27.7 Å². The van der Waals surface area contributed by atoms with E-state index < -0.39 is 5.91 Å². The van der Waals surface area contributed by atoms with Crippen LogP contribution < -0.4 is 5.73 Å². The maximum atomic E-state index is 12.4. The largest absolute Gasteiger partial charge is 0.368 e. The zero-order chi connectivity index (χ0) is 13.9. The molecule has 0 aromatic heterocycles. The van der Waals surface area contributed by atoms with Crippen LogP contribution in [0, 0.1) is 6.92 Å². The predicted molar refractivity (Wildman–Crippen MR) is 74.2 cm³/mol. The molecule has 18 heavy (non-hydrogen) atoms. The molecule has 1 rings (SSSR count). The summed E-state index contributed by atoms with van der Waals surface area (Å²) in [6.45, 7) is 5.54. The lowest BCUT2D eigenvalue weighted by molar-refractivity contribution is -0.119. The molecule has 1 aromatic carbocycles. The average Bonchev–Trinajstić information content (AvgIpc) is 2.27. The van der Waals surface area contributed by atoms with Gasteiger partial charge < -0.3 is 10.6 Å². The van der Waals surface area contributed by atoms with Gasteiger partial charge in [0.25, 0.3) is 5.91 Å². The first-order valence-corrected chi connectivity index (χ1v) is 6.47. The van der Waals surface area contributed by atoms with Crippen molar-refractivity contribution in [2.75, 3.05) is 6.54 Å². The van der Waals surface area contributed by atoms with E-state index in [9.17, 15) is 9.59 Å². The van der Waals surface area contributed by atoms with Crippen LogP contribution in [0.2, 0.25) is 0 Å². The number of hydrogen-bond acceptors (Lipinski definition) is 2. The third-order valence-electron chi connectivity index (χ3n) is 2.56. The van der Waals surface area contributed by atoms with E-state index in [4.69, 9.17) is 5.73 Å². The first-order chi connectivity index (χ1) is 8.32. The Morgan fingerprint density at radius 2 is 2.00 bits per heavy atom. The molecule has 98 valence electrons. The standard InChI is InChI=1S/C13H17BrN2O2/c1-8(2)16(7-12(15)17)13(18)10-6-9(3)4-5-11(10)14/h4-6,8H,7H2,1-3H3,(H2,15,17). The lowest BCUT2D eigenvalue weighted by atomic mass is 10.1. The Hall–Kier alpha value is -1.36. The van der Waals surface area contributed by atoms with Gasteiger partial charge in [-0.2, -0.15) is 0 Å². The number of benzene rings is 1. The van der Waals surface area contributed by atoms with Gasteiger partial charge in [-0.25, -0.2) is 0 Å². The molecule has 0 unspecified atom stereocenters. The predicted octanol–water partition coefficient (Wildman–Crippen LogP) is 2.09. The fourth-order valence-corrected chi connectivity index (χ4v) is 2.03. The lowest BCUT2D eigenvalue weighted by Crippen LogP contribution is -2.42. The van der Waals surface area contributed by atoms with Gasteiger partial charge in [-0.3, -0.25) is 9.59 Å². The summed E-state index contributed by atoms with van der Waals surface area (Å²) in [7, 11) is 0. The second kappa shape index (κ2) is 6.00. The van der Waals surface area contributed by atoms with Crippen LogP contribution >= 0.6 is 15.9 Å². The van der Waals surface area contributed by atoms with Crippen molar-refractivity contribution in [3.05, 3.63) is 33.8 Å². The third kappa shape index (κ3) is 3.57. The van der Waals surface area contributed by atoms with E-state index >= 15 is 0 Å². The van der Waals surface area contributed by atoms with Gasteiger partial charge in [-0.15, -0.1) is 0 Å². The average molecular weight is 313 g/mol. The highest BCUT2D eigenvalue weighted by molar-refractivity contribution is 9.10. The maximum absolute atomic E-state index is 12.4. The first kappa shape index (κ1) is 14.7. The summed E-state index contributed by atoms with van der Waals surface area (Å²) in [4.78, 5) is 24.9. The number of primary amides is 1. The lowest BCUT2D eigenvalue weighted by Gasteiger charge is -2.26. The summed E-state index contributed by atoms with van der Waals surface area (Å²) >= 11 is 3.35. The summed E-state index contributed by atoms with van der Waals surface area (Å²) in [5, 5.41) is 0. The Bertz CT molecular complexity index is 472. The van der Waals surface area contributed by atoms with Crippen molar-refractivity contribution in [3.63, 3.8) is 0 Å². The van der Waals surface area contributed by atoms with Crippen LogP contribution in [0.5, 0.6) is 0 Å². The van der Waals surface area contributed by atoms with Crippen molar-refractivity contribution in [3.8, 4) is 0 Å². The molecule has 0 spiro atoms. The van der Waals surface area contributed by atoms with E-state index in [-0.39, 0.29) is 18.5 Å². The molecular weight excluding hydrogens is 296 g/mol. The van der Waals surface area contributed by atoms with Gasteiger partial charge in [0.15, 0.2) is 0 Å². The molecule has 0 saturated carbocycles. The topological polar surface area (TPSA) is 63.4 Å². The van der Waals surface area contributed by atoms with E-state index in [0.29, 0.717) is 10.0 Å². The quantitative estimate of drug-likeness (QED) is 0.925. The molecular formula is C13H17BrN2O2. The van der Waals surface area contributed by atoms with Gasteiger partial charge in [0, 0.05) is 10.5 Å². The molecule has 0 atom stereocenters. The second-order valence-corrected chi connectivity index (χ2v) is 5.33. The molecule has 4 nitrogen and oxygen atoms in total. The Kier molecular flexibility index (Phi) is 4.90. The molecule has 0 bridgehead atoms. The van der Waals surface area contributed by atoms with Crippen molar-refractivity contribution < 1.29 is 9.59 Å². The van der Waals surface area contributed by atoms with Gasteiger partial charge in [0.2, 0.25) is 5.91 Å². The van der Waals surface area contributed by atoms with Crippen molar-refractivity contribution in [2.45, 2.75) is 26.8 Å². The summed E-state index contributed by atoms with van der Waals surface area (Å²) in [6, 6.07) is 5.44. The molecule has 2 amide bonds. The van der Waals surface area contributed by atoms with Gasteiger partial charge in [-0.1, -0.05) is 11.6 Å². The number of rotatable bonds is 4. The summed E-state index contributed by atoms with van der Waals surface area (Å²) in [6.07, 6.45) is 0. The summed E-state index contributed by atoms with van der Waals surface area (Å²) < 4.78 is 0.716. The first-order valence-electron chi connectivity index (χ1n) is 5.68. The van der Waals surface area contributed by atoms with Gasteiger partial charge in [0.1, 0.15) is 0 Å². The number of nitrogens with zero attached hydrogens (tertiary/aromatic N) is 1. The zero-order valence-corrected chi connectivity index (χ0v) is 12.3. The van der Waals surface area contributed by atoms with Crippen molar-refractivity contribution in [1.29, 1.82) is 0 Å². The second-order valence-electron chi connectivity index (χ2n) is 4.48. The highest BCUT2D eigenvalue weighted by atomic mass is 79.9. The molecule has 0 aliphatic heterocycles. The molecule has 1 aromatic rings. The van der Waals surface area contributed by atoms with Crippen molar-refractivity contribution in [2.24, 2.45) is 5.73 Å². The fourth-order valence-electron chi connectivity index (χ4n) is 1.61. The monoisotopic (exact) mass is 312 g/mol. The molecule has 0 aliphatic rings. The van der Waals surface area contributed by atoms with E-state index in [1.807, 2.05) is 32.9 Å². The molecule has 5 heteroatoms. The minimum absolute atomic E-state index is 0.0725. The molecule has 0 aliphatic carbocycles. The van der Waals surface area contributed by atoms with Crippen LogP contribution in [-0.4, -0.2) is 29.3 Å². The van der Waals surface area contributed by atoms with Crippen LogP contribution in [0.3, 0.4) is 0 Å². The summed E-state index contributed by atoms with van der Waals surface area (Å²) in [5.41, 5.74) is 6.71. The number of carbonyl (C=O) groups is 2. The van der Waals surface area contributed by atoms with Crippen molar-refractivity contribution in [1.82, 2.24) is 4.90 Å². The van der Waals surface area contributed by atoms with Gasteiger partial charge in [-0.05, 0) is 48.8 Å². The normalized spacial score (nSPS) is 10.5. The number of hydrogen-bond donors (Lipinski definition) is 1. The van der Waals surface area contributed by atoms with Crippen LogP contribution in [0.1, 0.15) is 29.8 Å². The fraction of sp³-hybridized carbons (Fsp3) is 0.385. The third-order valence-corrected chi connectivity index (χ3v) is 3.25. The van der Waals surface area contributed by atoms with Crippen LogP contribution in [0.25, 0.3) is 0 Å². The van der Waals surface area contributed by atoms with Crippen LogP contribution in [0.4, 0.5) is 0 Å². The maximum Gasteiger partial charge on any atom is 0.255 e. The number of aryl methyl sites for hydroxylation is 1. The number of nitrogens with two attached hydrogens (primary N) is 1.